The summed E-state index contributed by atoms with van der Waals surface area (Å²) in [7, 11) is 0. The number of likely N-dealkylation sites (tertiary alicyclic amines) is 1. The van der Waals surface area contributed by atoms with Crippen LogP contribution < -0.4 is 5.32 Å². The summed E-state index contributed by atoms with van der Waals surface area (Å²) in [6, 6.07) is 12.3. The van der Waals surface area contributed by atoms with Crippen molar-refractivity contribution in [1.29, 1.82) is 0 Å². The molecule has 0 aliphatic carbocycles. The average molecular weight is 393 g/mol. The predicted molar refractivity (Wildman–Crippen MR) is 109 cm³/mol. The molecule has 7 nitrogen and oxygen atoms in total. The maximum atomic E-state index is 10.9. The van der Waals surface area contributed by atoms with Gasteiger partial charge in [-0.25, -0.2) is 4.79 Å². The number of thiocarbonyl (C=S) groups is 1. The second-order valence-corrected chi connectivity index (χ2v) is 7.88. The largest absolute Gasteiger partial charge is 0.465 e. The average Bonchev–Trinajstić information content (AvgIpc) is 3.38. The molecule has 1 atom stereocenters. The summed E-state index contributed by atoms with van der Waals surface area (Å²) < 4.78 is 2.09. The molecule has 142 valence electrons. The lowest BCUT2D eigenvalue weighted by molar-refractivity contribution is 0.199. The minimum Gasteiger partial charge on any atom is -0.465 e. The fraction of sp³-hybridized carbons (Fsp3) is 0.300. The number of aryl methyl sites for hydroxylation is 1. The Balaban J connectivity index is 1.44. The number of benzene rings is 1. The van der Waals surface area contributed by atoms with Gasteiger partial charge in [-0.3, -0.25) is 15.0 Å². The summed E-state index contributed by atoms with van der Waals surface area (Å²) in [4.78, 5) is 17.4. The molecule has 1 aromatic carbocycles. The third-order valence-corrected chi connectivity index (χ3v) is 6.23. The lowest BCUT2D eigenvalue weighted by atomic mass is 9.82. The lowest BCUT2D eigenvalue weighted by Crippen LogP contribution is -2.42. The maximum Gasteiger partial charge on any atom is 0.410 e. The first-order valence-corrected chi connectivity index (χ1v) is 9.67. The Hall–Kier alpha value is -3.00. The number of nitrogens with one attached hydrogen (secondary N) is 1. The van der Waals surface area contributed by atoms with Crippen molar-refractivity contribution in [1.82, 2.24) is 25.0 Å². The molecule has 2 N–H and O–H groups in total. The standard InChI is InChI=1S/C20H19N5O2S/c26-19(27)22-18(28)24-7-5-20(12-24)6-8-25-17(20)10-16(23-25)14-9-13-3-1-2-4-15(13)21-11-14/h1-4,9-11H,5-8,12H2,(H,22,28)(H,26,27). The third-order valence-electron chi connectivity index (χ3n) is 5.87. The molecule has 1 fully saturated rings. The van der Waals surface area contributed by atoms with Crippen molar-refractivity contribution >= 4 is 34.3 Å². The van der Waals surface area contributed by atoms with Crippen molar-refractivity contribution in [2.24, 2.45) is 0 Å². The second-order valence-electron chi connectivity index (χ2n) is 7.49. The Morgan fingerprint density at radius 1 is 1.21 bits per heavy atom. The van der Waals surface area contributed by atoms with Gasteiger partial charge in [0, 0.05) is 47.9 Å². The van der Waals surface area contributed by atoms with E-state index in [4.69, 9.17) is 22.4 Å². The van der Waals surface area contributed by atoms with Gasteiger partial charge in [0.15, 0.2) is 5.11 Å². The van der Waals surface area contributed by atoms with Crippen molar-refractivity contribution in [3.8, 4) is 11.3 Å². The summed E-state index contributed by atoms with van der Waals surface area (Å²) >= 11 is 5.24. The molecule has 2 aliphatic heterocycles. The molecule has 1 unspecified atom stereocenters. The van der Waals surface area contributed by atoms with Gasteiger partial charge < -0.3 is 10.0 Å². The summed E-state index contributed by atoms with van der Waals surface area (Å²) in [5.74, 6) is 0. The van der Waals surface area contributed by atoms with Gasteiger partial charge in [-0.05, 0) is 43.3 Å². The number of pyridine rings is 1. The minimum atomic E-state index is -1.12. The van der Waals surface area contributed by atoms with E-state index < -0.39 is 6.09 Å². The first-order valence-electron chi connectivity index (χ1n) is 9.26. The maximum absolute atomic E-state index is 10.9. The number of hydrogen-bond donors (Lipinski definition) is 2. The van der Waals surface area contributed by atoms with Gasteiger partial charge in [0.2, 0.25) is 0 Å². The van der Waals surface area contributed by atoms with E-state index in [1.54, 1.807) is 0 Å². The number of carboxylic acid groups (broad SMARTS) is 1. The van der Waals surface area contributed by atoms with Crippen LogP contribution in [0.25, 0.3) is 22.2 Å². The molecule has 3 aromatic rings. The molecular weight excluding hydrogens is 374 g/mol. The van der Waals surface area contributed by atoms with Crippen LogP contribution in [0, 0.1) is 0 Å². The van der Waals surface area contributed by atoms with Crippen molar-refractivity contribution in [3.63, 3.8) is 0 Å². The van der Waals surface area contributed by atoms with Gasteiger partial charge in [0.05, 0.1) is 11.2 Å². The molecule has 5 rings (SSSR count). The van der Waals surface area contributed by atoms with Gasteiger partial charge in [-0.2, -0.15) is 5.10 Å². The molecular formula is C20H19N5O2S. The summed E-state index contributed by atoms with van der Waals surface area (Å²) in [5, 5.41) is 17.4. The highest BCUT2D eigenvalue weighted by atomic mass is 32.1. The summed E-state index contributed by atoms with van der Waals surface area (Å²) in [5.41, 5.74) is 4.09. The zero-order valence-electron chi connectivity index (χ0n) is 15.1. The molecule has 8 heteroatoms. The number of rotatable bonds is 1. The van der Waals surface area contributed by atoms with Gasteiger partial charge in [0.25, 0.3) is 0 Å². The van der Waals surface area contributed by atoms with Gasteiger partial charge in [0.1, 0.15) is 0 Å². The van der Waals surface area contributed by atoms with Crippen molar-refractivity contribution in [2.75, 3.05) is 13.1 Å². The van der Waals surface area contributed by atoms with E-state index in [9.17, 15) is 4.79 Å². The van der Waals surface area contributed by atoms with E-state index in [0.717, 1.165) is 48.1 Å². The molecule has 0 radical (unpaired) electrons. The number of nitrogens with zero attached hydrogens (tertiary/aromatic N) is 4. The number of aromatic nitrogens is 3. The predicted octanol–water partition coefficient (Wildman–Crippen LogP) is 3.00. The van der Waals surface area contributed by atoms with Crippen LogP contribution in [0.2, 0.25) is 0 Å². The van der Waals surface area contributed by atoms with E-state index in [0.29, 0.717) is 6.54 Å². The topological polar surface area (TPSA) is 83.3 Å². The Morgan fingerprint density at radius 2 is 2.04 bits per heavy atom. The monoisotopic (exact) mass is 393 g/mol. The van der Waals surface area contributed by atoms with Crippen LogP contribution in [0.3, 0.4) is 0 Å². The number of fused-ring (bicyclic) bond motifs is 3. The van der Waals surface area contributed by atoms with Gasteiger partial charge in [-0.15, -0.1) is 0 Å². The van der Waals surface area contributed by atoms with Crippen LogP contribution in [-0.4, -0.2) is 49.1 Å². The van der Waals surface area contributed by atoms with E-state index in [-0.39, 0.29) is 10.5 Å². The highest BCUT2D eigenvalue weighted by Gasteiger charge is 2.46. The molecule has 1 spiro atoms. The number of para-hydroxylation sites is 1. The normalized spacial score (nSPS) is 20.6. The Kier molecular flexibility index (Phi) is 3.83. The van der Waals surface area contributed by atoms with Crippen molar-refractivity contribution in [2.45, 2.75) is 24.8 Å². The Morgan fingerprint density at radius 3 is 2.89 bits per heavy atom. The molecule has 4 heterocycles. The zero-order valence-corrected chi connectivity index (χ0v) is 15.9. The third kappa shape index (κ3) is 2.72. The van der Waals surface area contributed by atoms with Gasteiger partial charge in [-0.1, -0.05) is 18.2 Å². The number of carbonyl (C=O) groups is 1. The lowest BCUT2D eigenvalue weighted by Gasteiger charge is -2.24. The molecule has 2 aliphatic rings. The fourth-order valence-electron chi connectivity index (χ4n) is 4.44. The SMILES string of the molecule is O=C(O)NC(=S)N1CCC2(CCn3nc(-c4cnc5ccccc5c4)cc32)C1. The highest BCUT2D eigenvalue weighted by molar-refractivity contribution is 7.80. The first-order chi connectivity index (χ1) is 13.5. The molecule has 1 amide bonds. The van der Waals surface area contributed by atoms with Crippen LogP contribution in [0.1, 0.15) is 18.5 Å². The highest BCUT2D eigenvalue weighted by Crippen LogP contribution is 2.43. The Bertz CT molecular complexity index is 1110. The smallest absolute Gasteiger partial charge is 0.410 e. The van der Waals surface area contributed by atoms with Crippen LogP contribution in [0.15, 0.2) is 42.6 Å². The van der Waals surface area contributed by atoms with Crippen molar-refractivity contribution < 1.29 is 9.90 Å². The zero-order chi connectivity index (χ0) is 19.3. The molecule has 28 heavy (non-hydrogen) atoms. The number of hydrogen-bond acceptors (Lipinski definition) is 4. The fourth-order valence-corrected chi connectivity index (χ4v) is 4.69. The molecule has 1 saturated heterocycles. The Labute approximate surface area is 167 Å². The van der Waals surface area contributed by atoms with E-state index in [1.165, 1.54) is 5.69 Å². The van der Waals surface area contributed by atoms with E-state index in [2.05, 4.69) is 33.2 Å². The quantitative estimate of drug-likeness (QED) is 0.619. The molecule has 2 aromatic heterocycles. The summed E-state index contributed by atoms with van der Waals surface area (Å²) in [6.45, 7) is 2.33. The first kappa shape index (κ1) is 17.1. The van der Waals surface area contributed by atoms with Crippen LogP contribution >= 0.6 is 12.2 Å². The second kappa shape index (κ2) is 6.27. The van der Waals surface area contributed by atoms with Gasteiger partial charge >= 0.3 is 6.09 Å². The molecule has 0 bridgehead atoms. The number of amides is 1. The van der Waals surface area contributed by atoms with Crippen LogP contribution in [0.4, 0.5) is 4.79 Å². The van der Waals surface area contributed by atoms with Crippen LogP contribution in [0.5, 0.6) is 0 Å². The van der Waals surface area contributed by atoms with E-state index >= 15 is 0 Å². The van der Waals surface area contributed by atoms with Crippen LogP contribution in [-0.2, 0) is 12.0 Å². The molecule has 0 saturated carbocycles. The van der Waals surface area contributed by atoms with E-state index in [1.807, 2.05) is 29.3 Å². The van der Waals surface area contributed by atoms with Crippen molar-refractivity contribution in [3.05, 3.63) is 48.3 Å². The minimum absolute atomic E-state index is 0.0280. The summed E-state index contributed by atoms with van der Waals surface area (Å²) in [6.07, 6.45) is 2.70.